The smallest absolute Gasteiger partial charge is 0.367 e. The van der Waals surface area contributed by atoms with Gasteiger partial charge < -0.3 is 13.3 Å². The van der Waals surface area contributed by atoms with E-state index in [1.165, 1.54) is 16.7 Å². The van der Waals surface area contributed by atoms with E-state index in [0.717, 1.165) is 5.19 Å². The number of aryl methyl sites for hydroxylation is 2. The highest BCUT2D eigenvalue weighted by molar-refractivity contribution is 6.76. The molecule has 0 aliphatic rings. The number of hydrogen-bond donors (Lipinski definition) is 0. The standard InChI is InChI=1S/C18H32O3Si/c1-12(2)19-22(20-13(3)4,21-14(5)6)18-11-15(7)10-16(8)17(18)9/h10-14H,1-9H3. The molecule has 0 saturated heterocycles. The van der Waals surface area contributed by atoms with E-state index in [1.54, 1.807) is 0 Å². The third-order valence-corrected chi connectivity index (χ3v) is 6.84. The van der Waals surface area contributed by atoms with Gasteiger partial charge in [0.2, 0.25) is 0 Å². The van der Waals surface area contributed by atoms with Crippen LogP contribution in [0.1, 0.15) is 58.2 Å². The Hall–Kier alpha value is -0.683. The normalized spacial score (nSPS) is 12.7. The van der Waals surface area contributed by atoms with Crippen molar-refractivity contribution in [3.05, 3.63) is 28.8 Å². The number of rotatable bonds is 7. The van der Waals surface area contributed by atoms with Gasteiger partial charge in [0, 0.05) is 23.5 Å². The zero-order valence-corrected chi connectivity index (χ0v) is 16.6. The molecule has 3 nitrogen and oxygen atoms in total. The molecule has 0 aromatic heterocycles. The molecule has 0 saturated carbocycles. The van der Waals surface area contributed by atoms with E-state index in [2.05, 4.69) is 32.9 Å². The lowest BCUT2D eigenvalue weighted by atomic mass is 10.1. The first-order valence-electron chi connectivity index (χ1n) is 8.19. The van der Waals surface area contributed by atoms with Gasteiger partial charge in [0.1, 0.15) is 0 Å². The first-order chi connectivity index (χ1) is 10.1. The van der Waals surface area contributed by atoms with E-state index in [9.17, 15) is 0 Å². The van der Waals surface area contributed by atoms with Crippen molar-refractivity contribution in [1.29, 1.82) is 0 Å². The molecule has 0 spiro atoms. The van der Waals surface area contributed by atoms with Crippen LogP contribution >= 0.6 is 0 Å². The van der Waals surface area contributed by atoms with Crippen molar-refractivity contribution in [3.63, 3.8) is 0 Å². The van der Waals surface area contributed by atoms with Gasteiger partial charge >= 0.3 is 8.80 Å². The zero-order valence-electron chi connectivity index (χ0n) is 15.6. The van der Waals surface area contributed by atoms with Gasteiger partial charge in [0.25, 0.3) is 0 Å². The second-order valence-electron chi connectivity index (χ2n) is 6.81. The minimum Gasteiger partial charge on any atom is -0.367 e. The van der Waals surface area contributed by atoms with E-state index in [1.807, 2.05) is 41.5 Å². The molecule has 0 unspecified atom stereocenters. The summed E-state index contributed by atoms with van der Waals surface area (Å²) in [6, 6.07) is 4.36. The first-order valence-corrected chi connectivity index (χ1v) is 9.91. The molecular formula is C18H32O3Si. The maximum absolute atomic E-state index is 6.33. The molecule has 0 aliphatic carbocycles. The van der Waals surface area contributed by atoms with Crippen LogP contribution in [0.15, 0.2) is 12.1 Å². The zero-order chi connectivity index (χ0) is 17.1. The molecule has 1 rings (SSSR count). The van der Waals surface area contributed by atoms with Crippen LogP contribution in [-0.2, 0) is 13.3 Å². The highest BCUT2D eigenvalue weighted by Gasteiger charge is 2.48. The summed E-state index contributed by atoms with van der Waals surface area (Å²) < 4.78 is 19.0. The number of hydrogen-bond acceptors (Lipinski definition) is 3. The molecule has 1 aromatic carbocycles. The fourth-order valence-corrected chi connectivity index (χ4v) is 6.03. The third kappa shape index (κ3) is 4.91. The summed E-state index contributed by atoms with van der Waals surface area (Å²) >= 11 is 0. The highest BCUT2D eigenvalue weighted by atomic mass is 28.4. The predicted molar refractivity (Wildman–Crippen MR) is 94.7 cm³/mol. The van der Waals surface area contributed by atoms with Crippen LogP contribution in [0, 0.1) is 20.8 Å². The lowest BCUT2D eigenvalue weighted by Gasteiger charge is -2.36. The summed E-state index contributed by atoms with van der Waals surface area (Å²) in [7, 11) is -2.97. The average Bonchev–Trinajstić information content (AvgIpc) is 2.30. The lowest BCUT2D eigenvalue weighted by molar-refractivity contribution is 0.0152. The quantitative estimate of drug-likeness (QED) is 0.709. The van der Waals surface area contributed by atoms with Crippen molar-refractivity contribution < 1.29 is 13.3 Å². The van der Waals surface area contributed by atoms with E-state index < -0.39 is 8.80 Å². The molecule has 1 aromatic rings. The Bertz CT molecular complexity index is 469. The van der Waals surface area contributed by atoms with Crippen LogP contribution in [0.3, 0.4) is 0 Å². The Morgan fingerprint density at radius 1 is 0.727 bits per heavy atom. The predicted octanol–water partition coefficient (Wildman–Crippen LogP) is 4.03. The summed E-state index contributed by atoms with van der Waals surface area (Å²) in [4.78, 5) is 0. The maximum Gasteiger partial charge on any atom is 0.538 e. The Kier molecular flexibility index (Phi) is 6.80. The molecule has 0 N–H and O–H groups in total. The Labute approximate surface area is 137 Å². The monoisotopic (exact) mass is 324 g/mol. The van der Waals surface area contributed by atoms with Gasteiger partial charge in [0.05, 0.1) is 0 Å². The first kappa shape index (κ1) is 19.4. The molecule has 0 aliphatic heterocycles. The van der Waals surface area contributed by atoms with E-state index in [-0.39, 0.29) is 18.3 Å². The van der Waals surface area contributed by atoms with Gasteiger partial charge in [-0.1, -0.05) is 17.7 Å². The summed E-state index contributed by atoms with van der Waals surface area (Å²) in [5.41, 5.74) is 3.67. The molecule has 0 amide bonds. The van der Waals surface area contributed by atoms with E-state index in [0.29, 0.717) is 0 Å². The minimum absolute atomic E-state index is 0.0457. The highest BCUT2D eigenvalue weighted by Crippen LogP contribution is 2.21. The average molecular weight is 325 g/mol. The van der Waals surface area contributed by atoms with Gasteiger partial charge in [0.15, 0.2) is 0 Å². The summed E-state index contributed by atoms with van der Waals surface area (Å²) in [6.45, 7) is 18.6. The summed E-state index contributed by atoms with van der Waals surface area (Å²) in [5.74, 6) is 0. The van der Waals surface area contributed by atoms with Gasteiger partial charge in [-0.2, -0.15) is 0 Å². The summed E-state index contributed by atoms with van der Waals surface area (Å²) in [6.07, 6.45) is 0.137. The molecule has 0 bridgehead atoms. The molecule has 22 heavy (non-hydrogen) atoms. The molecule has 4 heteroatoms. The van der Waals surface area contributed by atoms with Crippen molar-refractivity contribution in [1.82, 2.24) is 0 Å². The van der Waals surface area contributed by atoms with Crippen LogP contribution in [0.25, 0.3) is 0 Å². The molecule has 126 valence electrons. The van der Waals surface area contributed by atoms with Crippen LogP contribution in [0.2, 0.25) is 0 Å². The van der Waals surface area contributed by atoms with E-state index >= 15 is 0 Å². The largest absolute Gasteiger partial charge is 0.538 e. The molecular weight excluding hydrogens is 292 g/mol. The van der Waals surface area contributed by atoms with Crippen molar-refractivity contribution in [2.24, 2.45) is 0 Å². The second-order valence-corrected chi connectivity index (χ2v) is 9.17. The Morgan fingerprint density at radius 3 is 1.50 bits per heavy atom. The fraction of sp³-hybridized carbons (Fsp3) is 0.667. The topological polar surface area (TPSA) is 27.7 Å². The van der Waals surface area contributed by atoms with Crippen LogP contribution in [0.4, 0.5) is 0 Å². The third-order valence-electron chi connectivity index (χ3n) is 3.31. The van der Waals surface area contributed by atoms with Crippen molar-refractivity contribution in [2.45, 2.75) is 80.6 Å². The van der Waals surface area contributed by atoms with E-state index in [4.69, 9.17) is 13.3 Å². The van der Waals surface area contributed by atoms with Crippen LogP contribution in [-0.4, -0.2) is 27.1 Å². The molecule has 0 atom stereocenters. The summed E-state index contributed by atoms with van der Waals surface area (Å²) in [5, 5.41) is 1.10. The number of benzene rings is 1. The van der Waals surface area contributed by atoms with Crippen LogP contribution in [0.5, 0.6) is 0 Å². The lowest BCUT2D eigenvalue weighted by Crippen LogP contribution is -2.61. The Morgan fingerprint density at radius 2 is 1.14 bits per heavy atom. The second kappa shape index (κ2) is 7.73. The van der Waals surface area contributed by atoms with Crippen LogP contribution < -0.4 is 5.19 Å². The van der Waals surface area contributed by atoms with Crippen molar-refractivity contribution >= 4 is 14.0 Å². The Balaban J connectivity index is 3.51. The minimum atomic E-state index is -2.97. The van der Waals surface area contributed by atoms with Gasteiger partial charge in [-0.3, -0.25) is 0 Å². The molecule has 0 fully saturated rings. The van der Waals surface area contributed by atoms with Gasteiger partial charge in [-0.25, -0.2) is 0 Å². The fourth-order valence-electron chi connectivity index (χ4n) is 2.56. The van der Waals surface area contributed by atoms with Crippen molar-refractivity contribution in [2.75, 3.05) is 0 Å². The van der Waals surface area contributed by atoms with Gasteiger partial charge in [-0.15, -0.1) is 0 Å². The molecule has 0 heterocycles. The van der Waals surface area contributed by atoms with Gasteiger partial charge in [-0.05, 0) is 73.4 Å². The molecule has 0 radical (unpaired) electrons. The SMILES string of the molecule is Cc1cc(C)c(C)c([Si](OC(C)C)(OC(C)C)OC(C)C)c1. The maximum atomic E-state index is 6.33. The van der Waals surface area contributed by atoms with Crippen molar-refractivity contribution in [3.8, 4) is 0 Å².